The largest absolute Gasteiger partial charge is 0.493 e. The van der Waals surface area contributed by atoms with Crippen molar-refractivity contribution in [3.8, 4) is 5.88 Å². The zero-order valence-electron chi connectivity index (χ0n) is 6.97. The molecule has 0 fully saturated rings. The number of aromatic nitrogens is 4. The Bertz CT molecular complexity index is 453. The van der Waals surface area contributed by atoms with Crippen LogP contribution in [0.5, 0.6) is 5.88 Å². The first kappa shape index (κ1) is 8.31. The lowest BCUT2D eigenvalue weighted by Gasteiger charge is -1.95. The molecule has 68 valence electrons. The van der Waals surface area contributed by atoms with Gasteiger partial charge in [-0.25, -0.2) is 4.98 Å². The molecule has 0 aliphatic carbocycles. The van der Waals surface area contributed by atoms with Crippen LogP contribution >= 0.6 is 12.6 Å². The van der Waals surface area contributed by atoms with Crippen molar-refractivity contribution in [3.05, 3.63) is 17.6 Å². The van der Waals surface area contributed by atoms with Gasteiger partial charge in [-0.1, -0.05) is 0 Å². The van der Waals surface area contributed by atoms with Crippen LogP contribution in [0.4, 0.5) is 0 Å². The van der Waals surface area contributed by atoms with Crippen molar-refractivity contribution in [2.45, 2.75) is 12.7 Å². The maximum absolute atomic E-state index is 9.46. The maximum Gasteiger partial charge on any atom is 0.255 e. The Kier molecular flexibility index (Phi) is 1.84. The van der Waals surface area contributed by atoms with E-state index in [1.165, 1.54) is 10.6 Å². The van der Waals surface area contributed by atoms with Gasteiger partial charge >= 0.3 is 0 Å². The molecule has 2 aromatic heterocycles. The molecule has 1 N–H and O–H groups in total. The number of fused-ring (bicyclic) bond motifs is 1. The van der Waals surface area contributed by atoms with Crippen LogP contribution in [0.1, 0.15) is 11.5 Å². The molecule has 2 rings (SSSR count). The fourth-order valence-electron chi connectivity index (χ4n) is 1.08. The van der Waals surface area contributed by atoms with Crippen LogP contribution in [0, 0.1) is 6.92 Å². The molecule has 0 aromatic carbocycles. The smallest absolute Gasteiger partial charge is 0.255 e. The van der Waals surface area contributed by atoms with E-state index in [-0.39, 0.29) is 5.88 Å². The lowest BCUT2D eigenvalue weighted by atomic mass is 10.4. The Morgan fingerprint density at radius 2 is 2.31 bits per heavy atom. The van der Waals surface area contributed by atoms with E-state index in [4.69, 9.17) is 0 Å². The molecule has 13 heavy (non-hydrogen) atoms. The van der Waals surface area contributed by atoms with Crippen molar-refractivity contribution >= 4 is 18.4 Å². The van der Waals surface area contributed by atoms with Gasteiger partial charge < -0.3 is 5.11 Å². The molecular weight excluding hydrogens is 188 g/mol. The second-order valence-corrected chi connectivity index (χ2v) is 2.97. The van der Waals surface area contributed by atoms with Gasteiger partial charge in [0, 0.05) is 11.8 Å². The molecule has 0 spiro atoms. The van der Waals surface area contributed by atoms with Gasteiger partial charge in [0.2, 0.25) is 5.88 Å². The number of rotatable bonds is 1. The second kappa shape index (κ2) is 2.88. The zero-order valence-corrected chi connectivity index (χ0v) is 7.86. The van der Waals surface area contributed by atoms with E-state index in [1.54, 1.807) is 6.92 Å². The summed E-state index contributed by atoms with van der Waals surface area (Å²) in [5.74, 6) is 1.43. The van der Waals surface area contributed by atoms with Gasteiger partial charge in [0.25, 0.3) is 5.78 Å². The van der Waals surface area contributed by atoms with E-state index >= 15 is 0 Å². The van der Waals surface area contributed by atoms with Crippen LogP contribution in [-0.2, 0) is 5.75 Å². The van der Waals surface area contributed by atoms with Gasteiger partial charge in [-0.2, -0.15) is 22.1 Å². The van der Waals surface area contributed by atoms with Crippen molar-refractivity contribution < 1.29 is 5.11 Å². The lowest BCUT2D eigenvalue weighted by Crippen LogP contribution is -1.93. The van der Waals surface area contributed by atoms with Crippen LogP contribution in [-0.4, -0.2) is 24.7 Å². The van der Waals surface area contributed by atoms with E-state index in [0.29, 0.717) is 23.0 Å². The zero-order chi connectivity index (χ0) is 9.42. The molecule has 0 amide bonds. The quantitative estimate of drug-likeness (QED) is 0.654. The van der Waals surface area contributed by atoms with Gasteiger partial charge in [-0.3, -0.25) is 0 Å². The van der Waals surface area contributed by atoms with Gasteiger partial charge in [-0.05, 0) is 6.92 Å². The van der Waals surface area contributed by atoms with Crippen molar-refractivity contribution in [2.24, 2.45) is 0 Å². The second-order valence-electron chi connectivity index (χ2n) is 2.65. The molecule has 2 aromatic rings. The van der Waals surface area contributed by atoms with E-state index in [1.807, 2.05) is 0 Å². The fraction of sp³-hybridized carbons (Fsp3) is 0.286. The van der Waals surface area contributed by atoms with Crippen molar-refractivity contribution in [1.29, 1.82) is 0 Å². The highest BCUT2D eigenvalue weighted by atomic mass is 32.1. The molecule has 5 nitrogen and oxygen atoms in total. The van der Waals surface area contributed by atoms with Gasteiger partial charge in [0.05, 0.1) is 5.75 Å². The number of thiol groups is 1. The molecule has 0 radical (unpaired) electrons. The normalized spacial score (nSPS) is 10.9. The van der Waals surface area contributed by atoms with Gasteiger partial charge in [0.15, 0.2) is 5.82 Å². The SMILES string of the molecule is Cc1cc(O)n2nc(CS)nc2n1. The first-order valence-electron chi connectivity index (χ1n) is 3.74. The highest BCUT2D eigenvalue weighted by Crippen LogP contribution is 2.11. The predicted molar refractivity (Wildman–Crippen MR) is 49.9 cm³/mol. The molecule has 0 aliphatic rings. The standard InChI is InChI=1S/C7H8N4OS/c1-4-2-6(12)11-7(8-4)9-5(3-13)10-11/h2,12-13H,3H2,1H3. The van der Waals surface area contributed by atoms with Gasteiger partial charge in [-0.15, -0.1) is 5.10 Å². The molecule has 0 saturated heterocycles. The van der Waals surface area contributed by atoms with Crippen LogP contribution in [0.2, 0.25) is 0 Å². The Balaban J connectivity index is 2.75. The first-order valence-corrected chi connectivity index (χ1v) is 4.37. The monoisotopic (exact) mass is 196 g/mol. The van der Waals surface area contributed by atoms with Crippen LogP contribution in [0.3, 0.4) is 0 Å². The highest BCUT2D eigenvalue weighted by Gasteiger charge is 2.07. The minimum Gasteiger partial charge on any atom is -0.493 e. The molecule has 0 atom stereocenters. The first-order chi connectivity index (χ1) is 6.20. The highest BCUT2D eigenvalue weighted by molar-refractivity contribution is 7.79. The predicted octanol–water partition coefficient (Wildman–Crippen LogP) is 0.568. The lowest BCUT2D eigenvalue weighted by molar-refractivity contribution is 0.434. The molecule has 0 unspecified atom stereocenters. The van der Waals surface area contributed by atoms with Crippen LogP contribution < -0.4 is 0 Å². The summed E-state index contributed by atoms with van der Waals surface area (Å²) in [6, 6.07) is 1.53. The number of aryl methyl sites for hydroxylation is 1. The number of nitrogens with zero attached hydrogens (tertiary/aromatic N) is 4. The third-order valence-corrected chi connectivity index (χ3v) is 1.89. The van der Waals surface area contributed by atoms with Crippen molar-refractivity contribution in [2.75, 3.05) is 0 Å². The molecular formula is C7H8N4OS. The minimum absolute atomic E-state index is 0.0445. The van der Waals surface area contributed by atoms with E-state index in [9.17, 15) is 5.11 Å². The minimum atomic E-state index is 0.0445. The van der Waals surface area contributed by atoms with E-state index in [0.717, 1.165) is 0 Å². The van der Waals surface area contributed by atoms with Crippen LogP contribution in [0.15, 0.2) is 6.07 Å². The fourth-order valence-corrected chi connectivity index (χ4v) is 1.21. The Hall–Kier alpha value is -1.30. The number of aromatic hydroxyl groups is 1. The van der Waals surface area contributed by atoms with Crippen molar-refractivity contribution in [3.63, 3.8) is 0 Å². The Morgan fingerprint density at radius 3 is 3.00 bits per heavy atom. The Morgan fingerprint density at radius 1 is 1.54 bits per heavy atom. The summed E-state index contributed by atoms with van der Waals surface area (Å²) in [5, 5.41) is 13.4. The Labute approximate surface area is 79.9 Å². The summed E-state index contributed by atoms with van der Waals surface area (Å²) in [5.41, 5.74) is 0.711. The van der Waals surface area contributed by atoms with Crippen LogP contribution in [0.25, 0.3) is 5.78 Å². The summed E-state index contributed by atoms with van der Waals surface area (Å²) >= 11 is 4.03. The number of hydrogen-bond donors (Lipinski definition) is 2. The summed E-state index contributed by atoms with van der Waals surface area (Å²) in [7, 11) is 0. The summed E-state index contributed by atoms with van der Waals surface area (Å²) in [4.78, 5) is 8.16. The van der Waals surface area contributed by atoms with Gasteiger partial charge in [0.1, 0.15) is 0 Å². The average molecular weight is 196 g/mol. The topological polar surface area (TPSA) is 63.3 Å². The molecule has 0 bridgehead atoms. The third-order valence-electron chi connectivity index (χ3n) is 1.61. The number of hydrogen-bond acceptors (Lipinski definition) is 5. The molecule has 2 heterocycles. The summed E-state index contributed by atoms with van der Waals surface area (Å²) < 4.78 is 1.29. The van der Waals surface area contributed by atoms with E-state index < -0.39 is 0 Å². The summed E-state index contributed by atoms with van der Waals surface area (Å²) in [6.07, 6.45) is 0. The average Bonchev–Trinajstić information content (AvgIpc) is 2.47. The molecule has 0 saturated carbocycles. The summed E-state index contributed by atoms with van der Waals surface area (Å²) in [6.45, 7) is 1.79. The van der Waals surface area contributed by atoms with E-state index in [2.05, 4.69) is 27.7 Å². The third kappa shape index (κ3) is 1.33. The molecule has 6 heteroatoms. The van der Waals surface area contributed by atoms with Crippen molar-refractivity contribution in [1.82, 2.24) is 19.6 Å². The maximum atomic E-state index is 9.46. The molecule has 0 aliphatic heterocycles.